The average Bonchev–Trinajstić information content (AvgIpc) is 2.65. The molecule has 0 N–H and O–H groups in total. The molecule has 29 heavy (non-hydrogen) atoms. The molecule has 0 fully saturated rings. The van der Waals surface area contributed by atoms with Gasteiger partial charge in [-0.3, -0.25) is 0 Å². The second-order valence-electron chi connectivity index (χ2n) is 5.69. The van der Waals surface area contributed by atoms with E-state index in [0.717, 1.165) is 12.1 Å². The van der Waals surface area contributed by atoms with Crippen LogP contribution in [0.25, 0.3) is 0 Å². The summed E-state index contributed by atoms with van der Waals surface area (Å²) in [5, 5.41) is 0. The summed E-state index contributed by atoms with van der Waals surface area (Å²) in [6, 6.07) is 12.4. The molecule has 0 unspecified atom stereocenters. The van der Waals surface area contributed by atoms with E-state index in [0.29, 0.717) is 0 Å². The van der Waals surface area contributed by atoms with Gasteiger partial charge in [-0.25, -0.2) is 4.18 Å². The molecule has 2 rings (SSSR count). The fraction of sp³-hybridized carbons (Fsp3) is 0.294. The predicted octanol–water partition coefficient (Wildman–Crippen LogP) is 4.77. The smallest absolute Gasteiger partial charge is 0.341 e. The first-order chi connectivity index (χ1) is 13.3. The first-order valence-electron chi connectivity index (χ1n) is 7.75. The Morgan fingerprint density at radius 1 is 0.793 bits per heavy atom. The summed E-state index contributed by atoms with van der Waals surface area (Å²) in [5.74, 6) is -12.7. The van der Waals surface area contributed by atoms with Crippen LogP contribution in [0.4, 0.5) is 30.7 Å². The Balaban J connectivity index is 2.40. The van der Waals surface area contributed by atoms with E-state index in [-0.39, 0.29) is 5.56 Å². The van der Waals surface area contributed by atoms with Crippen LogP contribution in [0.5, 0.6) is 0 Å². The molecule has 0 saturated heterocycles. The number of hydrogen-bond donors (Lipinski definition) is 0. The van der Waals surface area contributed by atoms with E-state index in [2.05, 4.69) is 8.92 Å². The molecule has 1 atom stereocenters. The second kappa shape index (κ2) is 8.28. The maximum atomic E-state index is 14.1. The van der Waals surface area contributed by atoms with E-state index < -0.39 is 45.9 Å². The van der Waals surface area contributed by atoms with Gasteiger partial charge in [0.15, 0.2) is 0 Å². The number of rotatable bonds is 8. The van der Waals surface area contributed by atoms with Gasteiger partial charge in [-0.15, -0.1) is 0 Å². The van der Waals surface area contributed by atoms with Gasteiger partial charge < -0.3 is 4.74 Å². The average molecular weight is 446 g/mol. The minimum Gasteiger partial charge on any atom is -0.341 e. The van der Waals surface area contributed by atoms with Crippen molar-refractivity contribution in [1.29, 1.82) is 0 Å². The lowest BCUT2D eigenvalue weighted by Crippen LogP contribution is -2.59. The predicted molar refractivity (Wildman–Crippen MR) is 85.7 cm³/mol. The van der Waals surface area contributed by atoms with E-state index in [1.165, 1.54) is 48.5 Å². The lowest BCUT2D eigenvalue weighted by molar-refractivity contribution is -0.392. The van der Waals surface area contributed by atoms with Crippen LogP contribution in [0, 0.1) is 0 Å². The highest BCUT2D eigenvalue weighted by atomic mass is 32.2. The minimum atomic E-state index is -6.69. The summed E-state index contributed by atoms with van der Waals surface area (Å²) in [7, 11) is -5.16. The van der Waals surface area contributed by atoms with Gasteiger partial charge in [0.2, 0.25) is 6.29 Å². The molecule has 2 aromatic carbocycles. The van der Waals surface area contributed by atoms with Crippen LogP contribution in [-0.2, 0) is 25.6 Å². The van der Waals surface area contributed by atoms with Crippen molar-refractivity contribution in [3.63, 3.8) is 0 Å². The molecule has 0 radical (unpaired) electrons. The van der Waals surface area contributed by atoms with Gasteiger partial charge in [0.05, 0.1) is 11.5 Å². The van der Waals surface area contributed by atoms with E-state index >= 15 is 0 Å². The van der Waals surface area contributed by atoms with Crippen LogP contribution in [0.2, 0.25) is 0 Å². The van der Waals surface area contributed by atoms with Gasteiger partial charge in [-0.1, -0.05) is 48.5 Å². The maximum Gasteiger partial charge on any atom is 0.460 e. The van der Waals surface area contributed by atoms with Crippen molar-refractivity contribution in [1.82, 2.24) is 0 Å². The van der Waals surface area contributed by atoms with Gasteiger partial charge in [0, 0.05) is 0 Å². The summed E-state index contributed by atoms with van der Waals surface area (Å²) >= 11 is 0. The van der Waals surface area contributed by atoms with Crippen LogP contribution in [0.1, 0.15) is 5.56 Å². The third kappa shape index (κ3) is 5.06. The molecule has 0 heterocycles. The largest absolute Gasteiger partial charge is 0.460 e. The molecule has 0 spiro atoms. The first-order valence-corrected chi connectivity index (χ1v) is 9.16. The highest BCUT2D eigenvalue weighted by Crippen LogP contribution is 2.49. The quantitative estimate of drug-likeness (QED) is 0.333. The van der Waals surface area contributed by atoms with Crippen molar-refractivity contribution in [2.75, 3.05) is 0 Å². The SMILES string of the molecule is O=S(=O)(O[C@@H](OCc1ccccc1)C(F)(F)C(F)(F)C(F)(F)F)c1ccccc1. The Bertz CT molecular complexity index is 900. The fourth-order valence-corrected chi connectivity index (χ4v) is 3.04. The standard InChI is InChI=1S/C17H13F7O4S/c18-15(19,16(20,21)17(22,23)24)14(27-11-12-7-3-1-4-8-12)28-29(25,26)13-9-5-2-6-10-13/h1-10,14H,11H2/t14-/m1/s1. The van der Waals surface area contributed by atoms with Gasteiger partial charge in [0.25, 0.3) is 10.1 Å². The molecule has 4 nitrogen and oxygen atoms in total. The highest BCUT2D eigenvalue weighted by Gasteiger charge is 2.77. The third-order valence-corrected chi connectivity index (χ3v) is 4.84. The first kappa shape index (κ1) is 23.1. The van der Waals surface area contributed by atoms with Gasteiger partial charge in [-0.2, -0.15) is 39.2 Å². The monoisotopic (exact) mass is 446 g/mol. The molecule has 2 aromatic rings. The van der Waals surface area contributed by atoms with E-state index in [1.807, 2.05) is 0 Å². The molecular formula is C17H13F7O4S. The second-order valence-corrected chi connectivity index (χ2v) is 7.26. The van der Waals surface area contributed by atoms with Crippen LogP contribution >= 0.6 is 0 Å². The Kier molecular flexibility index (Phi) is 6.60. The number of halogens is 7. The molecule has 0 aliphatic heterocycles. The van der Waals surface area contributed by atoms with Crippen molar-refractivity contribution in [3.05, 3.63) is 66.2 Å². The van der Waals surface area contributed by atoms with Crippen LogP contribution in [-0.4, -0.2) is 32.7 Å². The number of benzene rings is 2. The Labute approximate surface area is 161 Å². The van der Waals surface area contributed by atoms with Crippen molar-refractivity contribution >= 4 is 10.1 Å². The molecule has 0 bridgehead atoms. The molecule has 0 aliphatic rings. The lowest BCUT2D eigenvalue weighted by Gasteiger charge is -2.33. The molecule has 0 aromatic heterocycles. The Morgan fingerprint density at radius 2 is 1.28 bits per heavy atom. The van der Waals surface area contributed by atoms with Crippen LogP contribution < -0.4 is 0 Å². The summed E-state index contributed by atoms with van der Waals surface area (Å²) in [6.07, 6.45) is -10.4. The number of ether oxygens (including phenoxy) is 1. The normalized spacial score (nSPS) is 14.6. The van der Waals surface area contributed by atoms with Gasteiger partial charge in [-0.05, 0) is 17.7 Å². The number of alkyl halides is 7. The zero-order valence-corrected chi connectivity index (χ0v) is 15.1. The summed E-state index contributed by atoms with van der Waals surface area (Å²) in [6.45, 7) is -0.917. The fourth-order valence-electron chi connectivity index (χ4n) is 2.03. The third-order valence-electron chi connectivity index (χ3n) is 3.56. The topological polar surface area (TPSA) is 52.6 Å². The van der Waals surface area contributed by atoms with Gasteiger partial charge >= 0.3 is 18.0 Å². The van der Waals surface area contributed by atoms with Crippen LogP contribution in [0.3, 0.4) is 0 Å². The summed E-state index contributed by atoms with van der Waals surface area (Å²) < 4.78 is 125. The molecule has 0 saturated carbocycles. The van der Waals surface area contributed by atoms with Crippen molar-refractivity contribution in [2.45, 2.75) is 35.8 Å². The molecular weight excluding hydrogens is 433 g/mol. The van der Waals surface area contributed by atoms with E-state index in [9.17, 15) is 39.2 Å². The molecule has 160 valence electrons. The van der Waals surface area contributed by atoms with Crippen molar-refractivity contribution in [2.24, 2.45) is 0 Å². The number of hydrogen-bond acceptors (Lipinski definition) is 4. The highest BCUT2D eigenvalue weighted by molar-refractivity contribution is 7.86. The molecule has 12 heteroatoms. The summed E-state index contributed by atoms with van der Waals surface area (Å²) in [5.41, 5.74) is 0.101. The Hall–Kier alpha value is -2.18. The van der Waals surface area contributed by atoms with Crippen molar-refractivity contribution in [3.8, 4) is 0 Å². The lowest BCUT2D eigenvalue weighted by atomic mass is 10.1. The molecule has 0 amide bonds. The van der Waals surface area contributed by atoms with Gasteiger partial charge in [0.1, 0.15) is 0 Å². The van der Waals surface area contributed by atoms with Crippen molar-refractivity contribution < 1.29 is 48.1 Å². The van der Waals surface area contributed by atoms with E-state index in [1.54, 1.807) is 0 Å². The zero-order chi connectivity index (χ0) is 21.9. The van der Waals surface area contributed by atoms with Crippen LogP contribution in [0.15, 0.2) is 65.6 Å². The summed E-state index contributed by atoms with van der Waals surface area (Å²) in [4.78, 5) is -0.737. The zero-order valence-electron chi connectivity index (χ0n) is 14.2. The van der Waals surface area contributed by atoms with E-state index in [4.69, 9.17) is 0 Å². The minimum absolute atomic E-state index is 0.101. The molecule has 0 aliphatic carbocycles. The Morgan fingerprint density at radius 3 is 1.76 bits per heavy atom. The maximum absolute atomic E-state index is 14.1.